The molecular weight excluding hydrogens is 414 g/mol. The Morgan fingerprint density at radius 1 is 1.16 bits per heavy atom. The van der Waals surface area contributed by atoms with Crippen LogP contribution in [0, 0.1) is 0 Å². The number of fused-ring (bicyclic) bond motifs is 1. The molecule has 0 spiro atoms. The van der Waals surface area contributed by atoms with Crippen molar-refractivity contribution in [2.24, 2.45) is 7.05 Å². The first-order valence-electron chi connectivity index (χ1n) is 9.85. The second-order valence-electron chi connectivity index (χ2n) is 7.18. The smallest absolute Gasteiger partial charge is 0.337 e. The van der Waals surface area contributed by atoms with E-state index >= 15 is 0 Å². The third kappa shape index (κ3) is 4.18. The summed E-state index contributed by atoms with van der Waals surface area (Å²) in [5, 5.41) is 0. The van der Waals surface area contributed by atoms with E-state index in [9.17, 15) is 14.4 Å². The minimum Gasteiger partial charge on any atom is -0.481 e. The van der Waals surface area contributed by atoms with Crippen LogP contribution in [0.1, 0.15) is 16.7 Å². The number of pyridine rings is 1. The van der Waals surface area contributed by atoms with E-state index in [1.165, 1.54) is 24.8 Å². The highest BCUT2D eigenvalue weighted by Gasteiger charge is 2.25. The highest BCUT2D eigenvalue weighted by Crippen LogP contribution is 2.22. The Morgan fingerprint density at radius 2 is 1.94 bits per heavy atom. The molecule has 2 aromatic heterocycles. The van der Waals surface area contributed by atoms with Crippen molar-refractivity contribution < 1.29 is 19.0 Å². The predicted molar refractivity (Wildman–Crippen MR) is 116 cm³/mol. The van der Waals surface area contributed by atoms with Crippen LogP contribution in [0.3, 0.4) is 0 Å². The molecule has 0 fully saturated rings. The molecule has 0 saturated heterocycles. The molecule has 0 unspecified atom stereocenters. The minimum atomic E-state index is -0.616. The highest BCUT2D eigenvalue weighted by atomic mass is 16.5. The average Bonchev–Trinajstić information content (AvgIpc) is 2.84. The number of rotatable bonds is 6. The standard InChI is InChI=1S/C23H21N3O6/c1-25-21-18(20(27)26(23(25)29)12-15-6-4-3-5-7-15)11-17(14-31-21)22(28)32-13-16-8-9-24-19(10-16)30-2/h3-11H,12-14H2,1-2H3. The Balaban J connectivity index is 1.61. The van der Waals surface area contributed by atoms with Gasteiger partial charge in [-0.3, -0.25) is 13.9 Å². The first-order chi connectivity index (χ1) is 15.5. The number of hydrogen-bond acceptors (Lipinski definition) is 7. The number of esters is 1. The molecule has 1 aromatic carbocycles. The molecule has 0 bridgehead atoms. The van der Waals surface area contributed by atoms with Crippen LogP contribution in [0.25, 0.3) is 6.08 Å². The maximum Gasteiger partial charge on any atom is 0.337 e. The molecule has 0 N–H and O–H groups in total. The zero-order valence-electron chi connectivity index (χ0n) is 17.6. The van der Waals surface area contributed by atoms with Crippen molar-refractivity contribution in [1.29, 1.82) is 0 Å². The summed E-state index contributed by atoms with van der Waals surface area (Å²) < 4.78 is 18.4. The Hall–Kier alpha value is -4.14. The van der Waals surface area contributed by atoms with Crippen molar-refractivity contribution in [2.45, 2.75) is 13.2 Å². The van der Waals surface area contributed by atoms with Gasteiger partial charge in [-0.1, -0.05) is 30.3 Å². The Bertz CT molecular complexity index is 1310. The van der Waals surface area contributed by atoms with Gasteiger partial charge in [0.25, 0.3) is 5.56 Å². The molecule has 3 aromatic rings. The molecule has 164 valence electrons. The molecule has 32 heavy (non-hydrogen) atoms. The maximum atomic E-state index is 13.1. The first-order valence-corrected chi connectivity index (χ1v) is 9.85. The summed E-state index contributed by atoms with van der Waals surface area (Å²) in [7, 11) is 3.02. The van der Waals surface area contributed by atoms with Crippen LogP contribution < -0.4 is 20.7 Å². The van der Waals surface area contributed by atoms with Gasteiger partial charge in [0, 0.05) is 19.3 Å². The molecule has 0 aliphatic carbocycles. The van der Waals surface area contributed by atoms with Crippen molar-refractivity contribution >= 4 is 12.0 Å². The maximum absolute atomic E-state index is 13.1. The lowest BCUT2D eigenvalue weighted by atomic mass is 10.1. The fraction of sp³-hybridized carbons (Fsp3) is 0.217. The van der Waals surface area contributed by atoms with Crippen LogP contribution in [0.5, 0.6) is 11.8 Å². The Morgan fingerprint density at radius 3 is 2.69 bits per heavy atom. The summed E-state index contributed by atoms with van der Waals surface area (Å²) in [6.07, 6.45) is 2.98. The van der Waals surface area contributed by atoms with Crippen molar-refractivity contribution in [3.8, 4) is 11.8 Å². The van der Waals surface area contributed by atoms with E-state index in [0.717, 1.165) is 10.1 Å². The summed E-state index contributed by atoms with van der Waals surface area (Å²) in [6, 6.07) is 12.5. The molecule has 0 amide bonds. The Labute approximate surface area is 183 Å². The zero-order chi connectivity index (χ0) is 22.7. The average molecular weight is 435 g/mol. The topological polar surface area (TPSA) is 102 Å². The molecule has 0 radical (unpaired) electrons. The van der Waals surface area contributed by atoms with Gasteiger partial charge in [0.15, 0.2) is 0 Å². The number of carbonyl (C=O) groups excluding carboxylic acids is 1. The van der Waals surface area contributed by atoms with Crippen LogP contribution in [0.15, 0.2) is 63.8 Å². The normalized spacial score (nSPS) is 12.4. The third-order valence-corrected chi connectivity index (χ3v) is 5.04. The summed E-state index contributed by atoms with van der Waals surface area (Å²) >= 11 is 0. The van der Waals surface area contributed by atoms with E-state index in [4.69, 9.17) is 14.2 Å². The fourth-order valence-electron chi connectivity index (χ4n) is 3.35. The number of hydrogen-bond donors (Lipinski definition) is 0. The van der Waals surface area contributed by atoms with Gasteiger partial charge < -0.3 is 14.2 Å². The second kappa shape index (κ2) is 8.93. The number of carbonyl (C=O) groups is 1. The number of nitrogens with zero attached hydrogens (tertiary/aromatic N) is 3. The van der Waals surface area contributed by atoms with Crippen LogP contribution in [0.4, 0.5) is 0 Å². The second-order valence-corrected chi connectivity index (χ2v) is 7.18. The monoisotopic (exact) mass is 435 g/mol. The van der Waals surface area contributed by atoms with Crippen LogP contribution in [-0.4, -0.2) is 33.8 Å². The van der Waals surface area contributed by atoms with E-state index in [1.54, 1.807) is 18.3 Å². The lowest BCUT2D eigenvalue weighted by Crippen LogP contribution is -2.42. The molecule has 9 heteroatoms. The largest absolute Gasteiger partial charge is 0.481 e. The minimum absolute atomic E-state index is 0.00737. The lowest BCUT2D eigenvalue weighted by molar-refractivity contribution is -0.140. The number of ether oxygens (including phenoxy) is 3. The zero-order valence-corrected chi connectivity index (χ0v) is 17.6. The van der Waals surface area contributed by atoms with Gasteiger partial charge in [0.2, 0.25) is 11.8 Å². The van der Waals surface area contributed by atoms with Crippen LogP contribution >= 0.6 is 0 Å². The van der Waals surface area contributed by atoms with Crippen molar-refractivity contribution in [3.05, 3.63) is 91.8 Å². The van der Waals surface area contributed by atoms with Gasteiger partial charge in [-0.15, -0.1) is 0 Å². The van der Waals surface area contributed by atoms with E-state index in [1.807, 2.05) is 30.3 Å². The van der Waals surface area contributed by atoms with E-state index < -0.39 is 17.2 Å². The van der Waals surface area contributed by atoms with E-state index in [0.29, 0.717) is 11.4 Å². The van der Waals surface area contributed by atoms with Gasteiger partial charge in [0.1, 0.15) is 18.8 Å². The van der Waals surface area contributed by atoms with Gasteiger partial charge in [0.05, 0.1) is 19.2 Å². The van der Waals surface area contributed by atoms with E-state index in [2.05, 4.69) is 4.98 Å². The molecule has 0 saturated carbocycles. The molecule has 1 aliphatic rings. The van der Waals surface area contributed by atoms with Gasteiger partial charge in [-0.2, -0.15) is 0 Å². The molecule has 3 heterocycles. The predicted octanol–water partition coefficient (Wildman–Crippen LogP) is 1.52. The molecular formula is C23H21N3O6. The Kier molecular flexibility index (Phi) is 5.89. The molecule has 1 aliphatic heterocycles. The van der Waals surface area contributed by atoms with E-state index in [-0.39, 0.29) is 36.8 Å². The fourth-order valence-corrected chi connectivity index (χ4v) is 3.35. The van der Waals surface area contributed by atoms with Crippen LogP contribution in [0.2, 0.25) is 0 Å². The van der Waals surface area contributed by atoms with Gasteiger partial charge in [-0.05, 0) is 23.3 Å². The number of methoxy groups -OCH3 is 1. The summed E-state index contributed by atoms with van der Waals surface area (Å²) in [5.74, 6) is -0.0819. The van der Waals surface area contributed by atoms with Crippen molar-refractivity contribution in [3.63, 3.8) is 0 Å². The summed E-state index contributed by atoms with van der Waals surface area (Å²) in [4.78, 5) is 42.4. The first kappa shape index (κ1) is 21.1. The third-order valence-electron chi connectivity index (χ3n) is 5.04. The number of benzene rings is 1. The van der Waals surface area contributed by atoms with Crippen molar-refractivity contribution in [1.82, 2.24) is 14.1 Å². The molecule has 9 nitrogen and oxygen atoms in total. The highest BCUT2D eigenvalue weighted by molar-refractivity contribution is 5.95. The van der Waals surface area contributed by atoms with Crippen molar-refractivity contribution in [2.75, 3.05) is 13.7 Å². The molecule has 0 atom stereocenters. The van der Waals surface area contributed by atoms with Crippen LogP contribution in [-0.2, 0) is 29.7 Å². The summed E-state index contributed by atoms with van der Waals surface area (Å²) in [5.41, 5.74) is 0.794. The quantitative estimate of drug-likeness (QED) is 0.541. The molecule has 4 rings (SSSR count). The van der Waals surface area contributed by atoms with Gasteiger partial charge >= 0.3 is 11.7 Å². The SMILES string of the molecule is COc1cc(COC(=O)C2=Cc3c(n(C)c(=O)n(Cc4ccccc4)c3=O)OC2)ccn1. The van der Waals surface area contributed by atoms with Gasteiger partial charge in [-0.25, -0.2) is 14.6 Å². The number of aromatic nitrogens is 3. The summed E-state index contributed by atoms with van der Waals surface area (Å²) in [6.45, 7) is 0.00542. The lowest BCUT2D eigenvalue weighted by Gasteiger charge is -2.20.